The Morgan fingerprint density at radius 3 is 2.37 bits per heavy atom. The Labute approximate surface area is 207 Å². The highest BCUT2D eigenvalue weighted by atomic mass is 32.2. The second-order valence-electron chi connectivity index (χ2n) is 10.1. The van der Waals surface area contributed by atoms with Crippen molar-refractivity contribution in [2.45, 2.75) is 55.3 Å². The number of thioether (sulfide) groups is 1. The smallest absolute Gasteiger partial charge is 0.327 e. The standard InChI is InChI=1S/C28H26N2O4S/c1-28(2)24(27(33)34)30-25(32)23(26(30)35-28)29-20(31)8-4-5-15-9-10-18-12-11-16-6-3-7-17-13-14-19(15)22(18)21(16)17/h3,6-7,9-14,23-24,26H,4-5,8H2,1-2H3,(H,29,31)(H,33,34)/t23-,24+,26-/m1/s1. The average Bonchev–Trinajstić information content (AvgIpc) is 3.09. The molecule has 6 nitrogen and oxygen atoms in total. The second kappa shape index (κ2) is 7.85. The third-order valence-electron chi connectivity index (χ3n) is 7.46. The summed E-state index contributed by atoms with van der Waals surface area (Å²) in [5.74, 6) is -1.48. The van der Waals surface area contributed by atoms with Gasteiger partial charge in [0.15, 0.2) is 0 Å². The molecule has 178 valence electrons. The van der Waals surface area contributed by atoms with Gasteiger partial charge < -0.3 is 15.3 Å². The van der Waals surface area contributed by atoms with E-state index in [1.807, 2.05) is 13.8 Å². The molecule has 3 atom stereocenters. The number of carboxylic acids is 1. The number of benzene rings is 4. The molecule has 2 fully saturated rings. The highest BCUT2D eigenvalue weighted by Crippen LogP contribution is 2.50. The van der Waals surface area contributed by atoms with E-state index in [-0.39, 0.29) is 17.2 Å². The highest BCUT2D eigenvalue weighted by Gasteiger charge is 2.64. The van der Waals surface area contributed by atoms with Crippen LogP contribution in [0.25, 0.3) is 32.3 Å². The molecule has 2 N–H and O–H groups in total. The zero-order chi connectivity index (χ0) is 24.5. The molecular formula is C28H26N2O4S. The van der Waals surface area contributed by atoms with Gasteiger partial charge in [0.2, 0.25) is 11.8 Å². The molecule has 35 heavy (non-hydrogen) atoms. The van der Waals surface area contributed by atoms with Crippen LogP contribution in [0.4, 0.5) is 0 Å². The SMILES string of the molecule is CC1(C)S[C@@H]2[C@H](NC(=O)CCCc3ccc4ccc5cccc6ccc3c4c56)C(=O)N2[C@H]1C(=O)O. The number of fused-ring (bicyclic) bond motifs is 1. The quantitative estimate of drug-likeness (QED) is 0.309. The van der Waals surface area contributed by atoms with Gasteiger partial charge in [0.05, 0.1) is 0 Å². The Kier molecular flexibility index (Phi) is 4.97. The first-order valence-electron chi connectivity index (χ1n) is 11.9. The van der Waals surface area contributed by atoms with Crippen molar-refractivity contribution in [1.82, 2.24) is 10.2 Å². The maximum Gasteiger partial charge on any atom is 0.327 e. The molecule has 6 rings (SSSR count). The number of carbonyl (C=O) groups excluding carboxylic acids is 2. The van der Waals surface area contributed by atoms with E-state index < -0.39 is 22.8 Å². The number of amides is 2. The fourth-order valence-corrected chi connectivity index (χ4v) is 7.47. The molecule has 2 heterocycles. The monoisotopic (exact) mass is 486 g/mol. The van der Waals surface area contributed by atoms with Gasteiger partial charge in [0.1, 0.15) is 17.5 Å². The molecule has 2 amide bonds. The third-order valence-corrected chi connectivity index (χ3v) is 9.03. The number of aliphatic carboxylic acids is 1. The van der Waals surface area contributed by atoms with E-state index in [1.165, 1.54) is 54.5 Å². The minimum absolute atomic E-state index is 0.169. The van der Waals surface area contributed by atoms with Gasteiger partial charge in [0, 0.05) is 11.2 Å². The maximum absolute atomic E-state index is 12.7. The van der Waals surface area contributed by atoms with Gasteiger partial charge in [-0.15, -0.1) is 11.8 Å². The van der Waals surface area contributed by atoms with Gasteiger partial charge in [-0.25, -0.2) is 4.79 Å². The van der Waals surface area contributed by atoms with Crippen molar-refractivity contribution in [3.05, 3.63) is 60.2 Å². The van der Waals surface area contributed by atoms with Gasteiger partial charge in [0.25, 0.3) is 0 Å². The molecule has 4 aromatic carbocycles. The van der Waals surface area contributed by atoms with Crippen molar-refractivity contribution in [3.8, 4) is 0 Å². The topological polar surface area (TPSA) is 86.7 Å². The zero-order valence-corrected chi connectivity index (χ0v) is 20.4. The lowest BCUT2D eigenvalue weighted by Gasteiger charge is -2.43. The summed E-state index contributed by atoms with van der Waals surface area (Å²) in [6.45, 7) is 3.66. The molecule has 2 aliphatic heterocycles. The number of nitrogens with zero attached hydrogens (tertiary/aromatic N) is 1. The minimum Gasteiger partial charge on any atom is -0.480 e. The summed E-state index contributed by atoms with van der Waals surface area (Å²) < 4.78 is -0.597. The van der Waals surface area contributed by atoms with Crippen LogP contribution in [0.15, 0.2) is 54.6 Å². The van der Waals surface area contributed by atoms with Crippen molar-refractivity contribution in [2.75, 3.05) is 0 Å². The number of nitrogens with one attached hydrogen (secondary N) is 1. The number of rotatable bonds is 6. The molecular weight excluding hydrogens is 460 g/mol. The summed E-state index contributed by atoms with van der Waals surface area (Å²) in [5.41, 5.74) is 1.21. The molecule has 0 radical (unpaired) electrons. The largest absolute Gasteiger partial charge is 0.480 e. The predicted molar refractivity (Wildman–Crippen MR) is 139 cm³/mol. The Balaban J connectivity index is 1.14. The Morgan fingerprint density at radius 1 is 1.00 bits per heavy atom. The number of carboxylic acid groups (broad SMARTS) is 1. The molecule has 0 aliphatic carbocycles. The maximum atomic E-state index is 12.7. The first kappa shape index (κ1) is 22.2. The number of carbonyl (C=O) groups is 3. The van der Waals surface area contributed by atoms with Crippen LogP contribution in [0.1, 0.15) is 32.3 Å². The first-order chi connectivity index (χ1) is 16.8. The summed E-state index contributed by atoms with van der Waals surface area (Å²) in [4.78, 5) is 38.4. The number of hydrogen-bond donors (Lipinski definition) is 2. The lowest BCUT2D eigenvalue weighted by atomic mass is 9.90. The summed E-state index contributed by atoms with van der Waals surface area (Å²) in [6.07, 6.45) is 1.75. The van der Waals surface area contributed by atoms with Gasteiger partial charge >= 0.3 is 5.97 Å². The first-order valence-corrected chi connectivity index (χ1v) is 12.8. The molecule has 4 aromatic rings. The Bertz CT molecular complexity index is 1500. The van der Waals surface area contributed by atoms with Gasteiger partial charge in [-0.05, 0) is 64.6 Å². The fraction of sp³-hybridized carbons (Fsp3) is 0.321. The van der Waals surface area contributed by atoms with Crippen molar-refractivity contribution in [2.24, 2.45) is 0 Å². The van der Waals surface area contributed by atoms with Crippen molar-refractivity contribution >= 4 is 61.9 Å². The summed E-state index contributed by atoms with van der Waals surface area (Å²) in [7, 11) is 0. The normalized spacial score (nSPS) is 23.1. The molecule has 0 aromatic heterocycles. The van der Waals surface area contributed by atoms with E-state index in [4.69, 9.17) is 0 Å². The molecule has 2 aliphatic rings. The van der Waals surface area contributed by atoms with Gasteiger partial charge in [-0.3, -0.25) is 9.59 Å². The van der Waals surface area contributed by atoms with E-state index in [1.54, 1.807) is 0 Å². The molecule has 0 unspecified atom stereocenters. The summed E-state index contributed by atoms with van der Waals surface area (Å²) in [5, 5.41) is 19.6. The number of aryl methyl sites for hydroxylation is 1. The zero-order valence-electron chi connectivity index (χ0n) is 19.6. The van der Waals surface area contributed by atoms with Crippen LogP contribution in [0.3, 0.4) is 0 Å². The molecule has 0 saturated carbocycles. The molecule has 7 heteroatoms. The Hall–Kier alpha value is -3.32. The Morgan fingerprint density at radius 2 is 1.66 bits per heavy atom. The van der Waals surface area contributed by atoms with Crippen molar-refractivity contribution < 1.29 is 19.5 Å². The highest BCUT2D eigenvalue weighted by molar-refractivity contribution is 8.01. The van der Waals surface area contributed by atoms with Crippen LogP contribution in [0, 0.1) is 0 Å². The van der Waals surface area contributed by atoms with Crippen LogP contribution in [0.5, 0.6) is 0 Å². The van der Waals surface area contributed by atoms with Crippen LogP contribution >= 0.6 is 11.8 Å². The van der Waals surface area contributed by atoms with Crippen LogP contribution in [-0.4, -0.2) is 50.0 Å². The second-order valence-corrected chi connectivity index (χ2v) is 11.8. The van der Waals surface area contributed by atoms with Gasteiger partial charge in [-0.2, -0.15) is 0 Å². The molecule has 0 spiro atoms. The van der Waals surface area contributed by atoms with E-state index in [2.05, 4.69) is 59.9 Å². The lowest BCUT2D eigenvalue weighted by molar-refractivity contribution is -0.161. The van der Waals surface area contributed by atoms with Crippen LogP contribution < -0.4 is 5.32 Å². The van der Waals surface area contributed by atoms with Crippen LogP contribution in [-0.2, 0) is 20.8 Å². The summed E-state index contributed by atoms with van der Waals surface area (Å²) >= 11 is 1.44. The third kappa shape index (κ3) is 3.36. The summed E-state index contributed by atoms with van der Waals surface area (Å²) in [6, 6.07) is 17.8. The average molecular weight is 487 g/mol. The van der Waals surface area contributed by atoms with E-state index in [0.29, 0.717) is 12.8 Å². The fourth-order valence-electron chi connectivity index (χ4n) is 5.84. The van der Waals surface area contributed by atoms with Gasteiger partial charge in [-0.1, -0.05) is 54.6 Å². The number of hydrogen-bond acceptors (Lipinski definition) is 4. The molecule has 0 bridgehead atoms. The predicted octanol–water partition coefficient (Wildman–Crippen LogP) is 4.54. The van der Waals surface area contributed by atoms with E-state index >= 15 is 0 Å². The van der Waals surface area contributed by atoms with Crippen molar-refractivity contribution in [3.63, 3.8) is 0 Å². The van der Waals surface area contributed by atoms with E-state index in [0.717, 1.165) is 6.42 Å². The lowest BCUT2D eigenvalue weighted by Crippen LogP contribution is -2.70. The van der Waals surface area contributed by atoms with Crippen molar-refractivity contribution in [1.29, 1.82) is 0 Å². The number of β-lactam (4-membered cyclic amide) rings is 1. The minimum atomic E-state index is -1.00. The van der Waals surface area contributed by atoms with E-state index in [9.17, 15) is 19.5 Å². The van der Waals surface area contributed by atoms with Crippen LogP contribution in [0.2, 0.25) is 0 Å². The molecule has 2 saturated heterocycles.